The highest BCUT2D eigenvalue weighted by atomic mass is 35.5. The molecule has 0 aromatic carbocycles. The second-order valence-electron chi connectivity index (χ2n) is 2.73. The first-order valence-electron chi connectivity index (χ1n) is 3.68. The second-order valence-corrected chi connectivity index (χ2v) is 2.73. The lowest BCUT2D eigenvalue weighted by Gasteiger charge is -2.10. The molecule has 1 aliphatic heterocycles. The molecule has 0 spiro atoms. The van der Waals surface area contributed by atoms with Crippen LogP contribution in [0.5, 0.6) is 0 Å². The molecule has 1 fully saturated rings. The van der Waals surface area contributed by atoms with Gasteiger partial charge in [0.1, 0.15) is 0 Å². The highest BCUT2D eigenvalue weighted by molar-refractivity contribution is 5.85. The van der Waals surface area contributed by atoms with Crippen LogP contribution in [-0.2, 0) is 14.3 Å². The van der Waals surface area contributed by atoms with Gasteiger partial charge < -0.3 is 15.2 Å². The predicted molar refractivity (Wildman–Crippen MR) is 46.7 cm³/mol. The lowest BCUT2D eigenvalue weighted by Crippen LogP contribution is -2.29. The SMILES string of the molecule is COC(=O)C1CNCC1C(=O)O.Cl. The molecule has 0 saturated carbocycles. The third-order valence-corrected chi connectivity index (χ3v) is 2.04. The van der Waals surface area contributed by atoms with Crippen molar-refractivity contribution in [3.63, 3.8) is 0 Å². The normalized spacial score (nSPS) is 26.2. The maximum Gasteiger partial charge on any atom is 0.310 e. The first-order chi connectivity index (χ1) is 5.66. The largest absolute Gasteiger partial charge is 0.481 e. The average Bonchev–Trinajstić information content (AvgIpc) is 2.50. The molecule has 0 aromatic heterocycles. The minimum atomic E-state index is -0.949. The Morgan fingerprint density at radius 1 is 1.38 bits per heavy atom. The maximum absolute atomic E-state index is 11.0. The van der Waals surface area contributed by atoms with Gasteiger partial charge in [0, 0.05) is 13.1 Å². The topological polar surface area (TPSA) is 75.6 Å². The van der Waals surface area contributed by atoms with Crippen molar-refractivity contribution in [2.24, 2.45) is 11.8 Å². The summed E-state index contributed by atoms with van der Waals surface area (Å²) in [7, 11) is 1.26. The molecule has 1 saturated heterocycles. The Hall–Kier alpha value is -0.810. The van der Waals surface area contributed by atoms with Crippen molar-refractivity contribution in [1.82, 2.24) is 5.32 Å². The first-order valence-corrected chi connectivity index (χ1v) is 3.68. The van der Waals surface area contributed by atoms with Crippen LogP contribution in [0.15, 0.2) is 0 Å². The number of hydrogen-bond donors (Lipinski definition) is 2. The number of carboxylic acid groups (broad SMARTS) is 1. The number of ether oxygens (including phenoxy) is 1. The number of nitrogens with one attached hydrogen (secondary N) is 1. The van der Waals surface area contributed by atoms with Crippen molar-refractivity contribution in [3.05, 3.63) is 0 Å². The van der Waals surface area contributed by atoms with Gasteiger partial charge in [-0.05, 0) is 0 Å². The predicted octanol–water partition coefficient (Wildman–Crippen LogP) is -0.499. The third kappa shape index (κ3) is 2.57. The van der Waals surface area contributed by atoms with Crippen LogP contribution < -0.4 is 5.32 Å². The van der Waals surface area contributed by atoms with Crippen molar-refractivity contribution in [2.75, 3.05) is 20.2 Å². The quantitative estimate of drug-likeness (QED) is 0.600. The summed E-state index contributed by atoms with van der Waals surface area (Å²) >= 11 is 0. The van der Waals surface area contributed by atoms with Gasteiger partial charge >= 0.3 is 11.9 Å². The highest BCUT2D eigenvalue weighted by Gasteiger charge is 2.38. The molecule has 0 aromatic rings. The van der Waals surface area contributed by atoms with E-state index in [0.29, 0.717) is 13.1 Å². The fourth-order valence-electron chi connectivity index (χ4n) is 1.34. The zero-order chi connectivity index (χ0) is 9.14. The second kappa shape index (κ2) is 5.04. The molecule has 6 heteroatoms. The van der Waals surface area contributed by atoms with Crippen LogP contribution in [-0.4, -0.2) is 37.2 Å². The molecule has 1 rings (SSSR count). The van der Waals surface area contributed by atoms with Crippen molar-refractivity contribution in [2.45, 2.75) is 0 Å². The number of carboxylic acids is 1. The Morgan fingerprint density at radius 3 is 2.38 bits per heavy atom. The van der Waals surface area contributed by atoms with Gasteiger partial charge in [-0.2, -0.15) is 0 Å². The van der Waals surface area contributed by atoms with E-state index in [9.17, 15) is 9.59 Å². The minimum Gasteiger partial charge on any atom is -0.481 e. The molecule has 13 heavy (non-hydrogen) atoms. The molecule has 1 aliphatic rings. The zero-order valence-electron chi connectivity index (χ0n) is 7.15. The van der Waals surface area contributed by atoms with Gasteiger partial charge in [-0.3, -0.25) is 9.59 Å². The maximum atomic E-state index is 11.0. The van der Waals surface area contributed by atoms with Gasteiger partial charge in [0.15, 0.2) is 0 Å². The summed E-state index contributed by atoms with van der Waals surface area (Å²) in [4.78, 5) is 21.6. The molecule has 0 aliphatic carbocycles. The molecular weight excluding hydrogens is 198 g/mol. The lowest BCUT2D eigenvalue weighted by atomic mass is 9.97. The van der Waals surface area contributed by atoms with E-state index in [2.05, 4.69) is 10.1 Å². The van der Waals surface area contributed by atoms with Gasteiger partial charge in [-0.15, -0.1) is 12.4 Å². The van der Waals surface area contributed by atoms with Crippen LogP contribution >= 0.6 is 12.4 Å². The fraction of sp³-hybridized carbons (Fsp3) is 0.714. The van der Waals surface area contributed by atoms with E-state index in [-0.39, 0.29) is 12.4 Å². The van der Waals surface area contributed by atoms with Crippen LogP contribution in [0, 0.1) is 11.8 Å². The summed E-state index contributed by atoms with van der Waals surface area (Å²) in [6, 6.07) is 0. The average molecular weight is 210 g/mol. The van der Waals surface area contributed by atoms with E-state index in [1.54, 1.807) is 0 Å². The molecule has 0 bridgehead atoms. The molecule has 0 radical (unpaired) electrons. The number of hydrogen-bond acceptors (Lipinski definition) is 4. The smallest absolute Gasteiger partial charge is 0.310 e. The van der Waals surface area contributed by atoms with Gasteiger partial charge in [-0.1, -0.05) is 0 Å². The molecular formula is C7H12ClNO4. The Bertz CT molecular complexity index is 209. The summed E-state index contributed by atoms with van der Waals surface area (Å²) in [6.45, 7) is 0.735. The van der Waals surface area contributed by atoms with Gasteiger partial charge in [0.2, 0.25) is 0 Å². The van der Waals surface area contributed by atoms with Crippen LogP contribution in [0.3, 0.4) is 0 Å². The molecule has 76 valence electrons. The van der Waals surface area contributed by atoms with E-state index in [0.717, 1.165) is 0 Å². The van der Waals surface area contributed by atoms with E-state index >= 15 is 0 Å². The van der Waals surface area contributed by atoms with Crippen LogP contribution in [0.1, 0.15) is 0 Å². The number of esters is 1. The van der Waals surface area contributed by atoms with Crippen molar-refractivity contribution in [3.8, 4) is 0 Å². The molecule has 2 unspecified atom stereocenters. The summed E-state index contributed by atoms with van der Waals surface area (Å²) < 4.78 is 4.47. The summed E-state index contributed by atoms with van der Waals surface area (Å²) in [5.41, 5.74) is 0. The number of carbonyl (C=O) groups excluding carboxylic acids is 1. The Kier molecular flexibility index (Phi) is 4.72. The number of aliphatic carboxylic acids is 1. The molecule has 1 heterocycles. The monoisotopic (exact) mass is 209 g/mol. The minimum absolute atomic E-state index is 0. The standard InChI is InChI=1S/C7H11NO4.ClH/c1-12-7(11)5-3-8-2-4(5)6(9)10;/h4-5,8H,2-3H2,1H3,(H,9,10);1H. The van der Waals surface area contributed by atoms with Crippen LogP contribution in [0.4, 0.5) is 0 Å². The van der Waals surface area contributed by atoms with E-state index < -0.39 is 23.8 Å². The van der Waals surface area contributed by atoms with Gasteiger partial charge in [0.05, 0.1) is 18.9 Å². The number of rotatable bonds is 2. The number of methoxy groups -OCH3 is 1. The molecule has 2 N–H and O–H groups in total. The third-order valence-electron chi connectivity index (χ3n) is 2.04. The van der Waals surface area contributed by atoms with Crippen molar-refractivity contribution >= 4 is 24.3 Å². The molecule has 2 atom stereocenters. The summed E-state index contributed by atoms with van der Waals surface area (Å²) in [5.74, 6) is -2.58. The lowest BCUT2D eigenvalue weighted by molar-refractivity contribution is -0.153. The Balaban J connectivity index is 0.00000144. The molecule has 5 nitrogen and oxygen atoms in total. The van der Waals surface area contributed by atoms with E-state index in [1.807, 2.05) is 0 Å². The van der Waals surface area contributed by atoms with Gasteiger partial charge in [-0.25, -0.2) is 0 Å². The van der Waals surface area contributed by atoms with Crippen molar-refractivity contribution < 1.29 is 19.4 Å². The van der Waals surface area contributed by atoms with Gasteiger partial charge in [0.25, 0.3) is 0 Å². The Labute approximate surface area is 81.9 Å². The highest BCUT2D eigenvalue weighted by Crippen LogP contribution is 2.17. The summed E-state index contributed by atoms with van der Waals surface area (Å²) in [5, 5.41) is 11.5. The fourth-order valence-corrected chi connectivity index (χ4v) is 1.34. The zero-order valence-corrected chi connectivity index (χ0v) is 7.97. The molecule has 0 amide bonds. The van der Waals surface area contributed by atoms with Crippen LogP contribution in [0.2, 0.25) is 0 Å². The first kappa shape index (κ1) is 12.2. The van der Waals surface area contributed by atoms with E-state index in [4.69, 9.17) is 5.11 Å². The van der Waals surface area contributed by atoms with Crippen LogP contribution in [0.25, 0.3) is 0 Å². The summed E-state index contributed by atoms with van der Waals surface area (Å²) in [6.07, 6.45) is 0. The Morgan fingerprint density at radius 2 is 1.92 bits per heavy atom. The van der Waals surface area contributed by atoms with Crippen molar-refractivity contribution in [1.29, 1.82) is 0 Å². The number of halogens is 1. The number of carbonyl (C=O) groups is 2. The van der Waals surface area contributed by atoms with E-state index in [1.165, 1.54) is 7.11 Å².